The molecule has 0 rings (SSSR count). The second-order valence-corrected chi connectivity index (χ2v) is 2.61. The number of nitrogens with one attached hydrogen (secondary N) is 1. The molecular formula is C7H15N3. The number of nitriles is 1. The Labute approximate surface area is 62.6 Å². The van der Waals surface area contributed by atoms with Crippen molar-refractivity contribution in [2.24, 2.45) is 0 Å². The summed E-state index contributed by atoms with van der Waals surface area (Å²) in [5, 5.41) is 11.4. The SMILES string of the molecule is CC(C#N)NCCN(C)C. The van der Waals surface area contributed by atoms with E-state index in [0.717, 1.165) is 13.1 Å². The smallest absolute Gasteiger partial charge is 0.0924 e. The fourth-order valence-corrected chi connectivity index (χ4v) is 0.550. The van der Waals surface area contributed by atoms with Crippen LogP contribution < -0.4 is 5.32 Å². The molecule has 0 aliphatic carbocycles. The molecular weight excluding hydrogens is 126 g/mol. The van der Waals surface area contributed by atoms with Crippen LogP contribution in [0.15, 0.2) is 0 Å². The highest BCUT2D eigenvalue weighted by Crippen LogP contribution is 1.76. The predicted molar refractivity (Wildman–Crippen MR) is 41.6 cm³/mol. The number of hydrogen-bond acceptors (Lipinski definition) is 3. The van der Waals surface area contributed by atoms with Crippen molar-refractivity contribution >= 4 is 0 Å². The van der Waals surface area contributed by atoms with Gasteiger partial charge in [0.1, 0.15) is 0 Å². The maximum atomic E-state index is 8.37. The van der Waals surface area contributed by atoms with Gasteiger partial charge in [0.2, 0.25) is 0 Å². The molecule has 10 heavy (non-hydrogen) atoms. The molecule has 0 bridgehead atoms. The number of nitrogens with zero attached hydrogens (tertiary/aromatic N) is 2. The van der Waals surface area contributed by atoms with Crippen molar-refractivity contribution in [2.75, 3.05) is 27.2 Å². The molecule has 0 aliphatic rings. The second kappa shape index (κ2) is 5.21. The summed E-state index contributed by atoms with van der Waals surface area (Å²) in [4.78, 5) is 2.08. The van der Waals surface area contributed by atoms with Crippen LogP contribution in [0.4, 0.5) is 0 Å². The Morgan fingerprint density at radius 3 is 2.60 bits per heavy atom. The topological polar surface area (TPSA) is 39.1 Å². The Morgan fingerprint density at radius 1 is 1.60 bits per heavy atom. The minimum atomic E-state index is -0.0278. The highest BCUT2D eigenvalue weighted by atomic mass is 15.1. The Hall–Kier alpha value is -0.590. The van der Waals surface area contributed by atoms with E-state index in [1.54, 1.807) is 0 Å². The summed E-state index contributed by atoms with van der Waals surface area (Å²) < 4.78 is 0. The Morgan fingerprint density at radius 2 is 2.20 bits per heavy atom. The van der Waals surface area contributed by atoms with Gasteiger partial charge in [-0.2, -0.15) is 5.26 Å². The van der Waals surface area contributed by atoms with Crippen LogP contribution in [0.3, 0.4) is 0 Å². The zero-order valence-corrected chi connectivity index (χ0v) is 6.89. The molecule has 0 aromatic carbocycles. The molecule has 0 amide bonds. The standard InChI is InChI=1S/C7H15N3/c1-7(6-8)9-4-5-10(2)3/h7,9H,4-5H2,1-3H3. The van der Waals surface area contributed by atoms with Crippen molar-refractivity contribution in [3.05, 3.63) is 0 Å². The summed E-state index contributed by atoms with van der Waals surface area (Å²) in [6, 6.07) is 2.08. The van der Waals surface area contributed by atoms with Crippen LogP contribution in [0.25, 0.3) is 0 Å². The van der Waals surface area contributed by atoms with Gasteiger partial charge in [0, 0.05) is 13.1 Å². The van der Waals surface area contributed by atoms with E-state index in [4.69, 9.17) is 5.26 Å². The van der Waals surface area contributed by atoms with Gasteiger partial charge in [0.25, 0.3) is 0 Å². The van der Waals surface area contributed by atoms with E-state index in [9.17, 15) is 0 Å². The van der Waals surface area contributed by atoms with Gasteiger partial charge in [-0.1, -0.05) is 0 Å². The quantitative estimate of drug-likeness (QED) is 0.601. The maximum absolute atomic E-state index is 8.37. The highest BCUT2D eigenvalue weighted by molar-refractivity contribution is 4.84. The Bertz CT molecular complexity index is 115. The molecule has 0 aromatic heterocycles. The molecule has 1 unspecified atom stereocenters. The van der Waals surface area contributed by atoms with Gasteiger partial charge in [0.15, 0.2) is 0 Å². The fourth-order valence-electron chi connectivity index (χ4n) is 0.550. The third-order valence-electron chi connectivity index (χ3n) is 1.20. The summed E-state index contributed by atoms with van der Waals surface area (Å²) in [6.07, 6.45) is 0. The molecule has 0 aliphatic heterocycles. The average molecular weight is 141 g/mol. The average Bonchev–Trinajstić information content (AvgIpc) is 1.87. The van der Waals surface area contributed by atoms with Crippen molar-refractivity contribution < 1.29 is 0 Å². The van der Waals surface area contributed by atoms with E-state index in [0.29, 0.717) is 0 Å². The zero-order valence-electron chi connectivity index (χ0n) is 6.89. The van der Waals surface area contributed by atoms with E-state index >= 15 is 0 Å². The minimum Gasteiger partial charge on any atom is -0.308 e. The van der Waals surface area contributed by atoms with E-state index in [1.807, 2.05) is 21.0 Å². The van der Waals surface area contributed by atoms with Crippen LogP contribution in [-0.4, -0.2) is 38.1 Å². The minimum absolute atomic E-state index is 0.0278. The molecule has 0 heterocycles. The first-order chi connectivity index (χ1) is 4.66. The molecule has 1 atom stereocenters. The maximum Gasteiger partial charge on any atom is 0.0924 e. The van der Waals surface area contributed by atoms with Gasteiger partial charge < -0.3 is 10.2 Å². The van der Waals surface area contributed by atoms with Gasteiger partial charge in [-0.25, -0.2) is 0 Å². The summed E-state index contributed by atoms with van der Waals surface area (Å²) in [6.45, 7) is 3.71. The molecule has 0 fully saturated rings. The lowest BCUT2D eigenvalue weighted by molar-refractivity contribution is 0.396. The third kappa shape index (κ3) is 5.54. The number of rotatable bonds is 4. The van der Waals surface area contributed by atoms with Crippen LogP contribution in [0.1, 0.15) is 6.92 Å². The van der Waals surface area contributed by atoms with Crippen LogP contribution in [0, 0.1) is 11.3 Å². The fraction of sp³-hybridized carbons (Fsp3) is 0.857. The van der Waals surface area contributed by atoms with Crippen molar-refractivity contribution in [2.45, 2.75) is 13.0 Å². The molecule has 0 spiro atoms. The summed E-state index contributed by atoms with van der Waals surface area (Å²) in [7, 11) is 4.03. The zero-order chi connectivity index (χ0) is 7.98. The molecule has 0 saturated heterocycles. The Balaban J connectivity index is 3.13. The van der Waals surface area contributed by atoms with Crippen LogP contribution >= 0.6 is 0 Å². The summed E-state index contributed by atoms with van der Waals surface area (Å²) in [5.41, 5.74) is 0. The number of hydrogen-bond donors (Lipinski definition) is 1. The summed E-state index contributed by atoms with van der Waals surface area (Å²) in [5.74, 6) is 0. The third-order valence-corrected chi connectivity index (χ3v) is 1.20. The van der Waals surface area contributed by atoms with Gasteiger partial charge in [0.05, 0.1) is 12.1 Å². The first-order valence-electron chi connectivity index (χ1n) is 3.44. The molecule has 0 radical (unpaired) electrons. The van der Waals surface area contributed by atoms with Gasteiger partial charge in [-0.15, -0.1) is 0 Å². The van der Waals surface area contributed by atoms with Crippen LogP contribution in [0.2, 0.25) is 0 Å². The normalized spacial score (nSPS) is 13.1. The first kappa shape index (κ1) is 9.41. The van der Waals surface area contributed by atoms with E-state index in [2.05, 4.69) is 16.3 Å². The van der Waals surface area contributed by atoms with Crippen LogP contribution in [0.5, 0.6) is 0 Å². The highest BCUT2D eigenvalue weighted by Gasteiger charge is 1.95. The van der Waals surface area contributed by atoms with Crippen molar-refractivity contribution in [1.29, 1.82) is 5.26 Å². The molecule has 3 heteroatoms. The second-order valence-electron chi connectivity index (χ2n) is 2.61. The van der Waals surface area contributed by atoms with Gasteiger partial charge in [-0.3, -0.25) is 0 Å². The van der Waals surface area contributed by atoms with Crippen LogP contribution in [-0.2, 0) is 0 Å². The summed E-state index contributed by atoms with van der Waals surface area (Å²) >= 11 is 0. The van der Waals surface area contributed by atoms with Crippen molar-refractivity contribution in [1.82, 2.24) is 10.2 Å². The predicted octanol–water partition coefficient (Wildman–Crippen LogP) is 0.0497. The Kier molecular flexibility index (Phi) is 4.91. The van der Waals surface area contributed by atoms with Gasteiger partial charge in [-0.05, 0) is 21.0 Å². The lowest BCUT2D eigenvalue weighted by Gasteiger charge is -2.10. The molecule has 0 aromatic rings. The van der Waals surface area contributed by atoms with Gasteiger partial charge >= 0.3 is 0 Å². The van der Waals surface area contributed by atoms with E-state index < -0.39 is 0 Å². The largest absolute Gasteiger partial charge is 0.308 e. The van der Waals surface area contributed by atoms with Crippen molar-refractivity contribution in [3.8, 4) is 6.07 Å². The molecule has 3 nitrogen and oxygen atoms in total. The van der Waals surface area contributed by atoms with E-state index in [-0.39, 0.29) is 6.04 Å². The molecule has 0 saturated carbocycles. The molecule has 1 N–H and O–H groups in total. The van der Waals surface area contributed by atoms with E-state index in [1.165, 1.54) is 0 Å². The number of likely N-dealkylation sites (N-methyl/N-ethyl adjacent to an activating group) is 1. The molecule has 58 valence electrons. The first-order valence-corrected chi connectivity index (χ1v) is 3.44. The lowest BCUT2D eigenvalue weighted by Crippen LogP contribution is -2.31. The monoisotopic (exact) mass is 141 g/mol. The van der Waals surface area contributed by atoms with Crippen molar-refractivity contribution in [3.63, 3.8) is 0 Å². The lowest BCUT2D eigenvalue weighted by atomic mass is 10.4.